The van der Waals surface area contributed by atoms with Gasteiger partial charge in [0.2, 0.25) is 0 Å². The lowest BCUT2D eigenvalue weighted by atomic mass is 9.67. The molecule has 174 valence electrons. The minimum Gasteiger partial charge on any atom is -0.454 e. The topological polar surface area (TPSA) is 105 Å². The molecular formula is C23H30ClN3O5. The predicted molar refractivity (Wildman–Crippen MR) is 120 cm³/mol. The molecule has 2 aliphatic rings. The summed E-state index contributed by atoms with van der Waals surface area (Å²) >= 11 is 6.03. The van der Waals surface area contributed by atoms with E-state index < -0.39 is 42.5 Å². The van der Waals surface area contributed by atoms with Crippen molar-refractivity contribution >= 4 is 41.1 Å². The van der Waals surface area contributed by atoms with Crippen LogP contribution in [0.2, 0.25) is 5.02 Å². The smallest absolute Gasteiger partial charge is 0.326 e. The van der Waals surface area contributed by atoms with Crippen molar-refractivity contribution in [3.8, 4) is 0 Å². The van der Waals surface area contributed by atoms with Crippen LogP contribution in [0, 0.1) is 18.3 Å². The Morgan fingerprint density at radius 3 is 2.50 bits per heavy atom. The van der Waals surface area contributed by atoms with E-state index in [2.05, 4.69) is 31.4 Å². The molecule has 1 aliphatic carbocycles. The number of esters is 1. The summed E-state index contributed by atoms with van der Waals surface area (Å²) < 4.78 is 4.97. The molecule has 1 spiro atoms. The molecule has 0 atom stereocenters. The maximum absolute atomic E-state index is 13.0. The first-order valence-corrected chi connectivity index (χ1v) is 11.1. The van der Waals surface area contributed by atoms with Crippen LogP contribution in [0.1, 0.15) is 52.0 Å². The first-order chi connectivity index (χ1) is 14.9. The van der Waals surface area contributed by atoms with Crippen molar-refractivity contribution in [2.45, 2.75) is 58.9 Å². The molecule has 0 radical (unpaired) electrons. The van der Waals surface area contributed by atoms with Crippen LogP contribution in [0.25, 0.3) is 0 Å². The molecule has 4 amide bonds. The van der Waals surface area contributed by atoms with Crippen molar-refractivity contribution in [3.05, 3.63) is 28.8 Å². The third kappa shape index (κ3) is 5.23. The van der Waals surface area contributed by atoms with Gasteiger partial charge in [0.25, 0.3) is 11.8 Å². The van der Waals surface area contributed by atoms with Gasteiger partial charge in [0, 0.05) is 10.7 Å². The van der Waals surface area contributed by atoms with E-state index in [4.69, 9.17) is 16.3 Å². The van der Waals surface area contributed by atoms with Crippen molar-refractivity contribution in [1.82, 2.24) is 10.2 Å². The highest BCUT2D eigenvalue weighted by molar-refractivity contribution is 6.31. The third-order valence-corrected chi connectivity index (χ3v) is 6.82. The molecule has 32 heavy (non-hydrogen) atoms. The first kappa shape index (κ1) is 24.0. The Morgan fingerprint density at radius 1 is 1.25 bits per heavy atom. The van der Waals surface area contributed by atoms with E-state index in [1.165, 1.54) is 0 Å². The number of nitrogens with zero attached hydrogens (tertiary/aromatic N) is 1. The van der Waals surface area contributed by atoms with E-state index in [-0.39, 0.29) is 5.41 Å². The number of halogens is 1. The van der Waals surface area contributed by atoms with Gasteiger partial charge in [0.05, 0.1) is 0 Å². The summed E-state index contributed by atoms with van der Waals surface area (Å²) in [5, 5.41) is 5.87. The minimum atomic E-state index is -0.943. The van der Waals surface area contributed by atoms with Crippen LogP contribution >= 0.6 is 11.6 Å². The standard InChI is InChI=1S/C23H30ClN3O5/c1-14-5-6-16(11-17(14)24)25-18(28)13-32-19(29)12-27-20(30)23(26-21(27)31)9-7-15(8-10-23)22(2,3)4/h5-6,11,15H,7-10,12-13H2,1-4H3,(H,25,28)(H,26,31). The lowest BCUT2D eigenvalue weighted by Gasteiger charge is -2.40. The van der Waals surface area contributed by atoms with Gasteiger partial charge in [-0.1, -0.05) is 38.4 Å². The summed E-state index contributed by atoms with van der Waals surface area (Å²) in [6.07, 6.45) is 2.76. The molecule has 2 N–H and O–H groups in total. The molecule has 1 aromatic rings. The SMILES string of the molecule is Cc1ccc(NC(=O)COC(=O)CN2C(=O)NC3(CCC(C(C)(C)C)CC3)C2=O)cc1Cl. The molecular weight excluding hydrogens is 434 g/mol. The Balaban J connectivity index is 1.50. The number of ether oxygens (including phenoxy) is 1. The fourth-order valence-electron chi connectivity index (χ4n) is 4.32. The Hall–Kier alpha value is -2.61. The van der Waals surface area contributed by atoms with Crippen molar-refractivity contribution < 1.29 is 23.9 Å². The van der Waals surface area contributed by atoms with Gasteiger partial charge in [0.1, 0.15) is 12.1 Å². The van der Waals surface area contributed by atoms with Crippen LogP contribution < -0.4 is 10.6 Å². The number of carbonyl (C=O) groups is 4. The van der Waals surface area contributed by atoms with E-state index >= 15 is 0 Å². The van der Waals surface area contributed by atoms with Gasteiger partial charge in [-0.15, -0.1) is 0 Å². The number of aryl methyl sites for hydroxylation is 1. The molecule has 2 fully saturated rings. The second kappa shape index (κ2) is 9.10. The summed E-state index contributed by atoms with van der Waals surface area (Å²) in [4.78, 5) is 50.5. The Kier molecular flexibility index (Phi) is 6.83. The van der Waals surface area contributed by atoms with E-state index in [1.54, 1.807) is 18.2 Å². The van der Waals surface area contributed by atoms with Crippen molar-refractivity contribution in [3.63, 3.8) is 0 Å². The highest BCUT2D eigenvalue weighted by atomic mass is 35.5. The summed E-state index contributed by atoms with van der Waals surface area (Å²) in [5.74, 6) is -1.30. The van der Waals surface area contributed by atoms with Crippen molar-refractivity contribution in [2.24, 2.45) is 11.3 Å². The molecule has 9 heteroatoms. The van der Waals surface area contributed by atoms with Crippen molar-refractivity contribution in [1.29, 1.82) is 0 Å². The van der Waals surface area contributed by atoms with Gasteiger partial charge in [-0.3, -0.25) is 19.3 Å². The first-order valence-electron chi connectivity index (χ1n) is 10.8. The zero-order valence-electron chi connectivity index (χ0n) is 18.9. The fourth-order valence-corrected chi connectivity index (χ4v) is 4.50. The molecule has 0 aromatic heterocycles. The van der Waals surface area contributed by atoms with Crippen LogP contribution in [0.3, 0.4) is 0 Å². The second-order valence-electron chi connectivity index (χ2n) is 9.72. The van der Waals surface area contributed by atoms with Gasteiger partial charge in [0.15, 0.2) is 6.61 Å². The van der Waals surface area contributed by atoms with Gasteiger partial charge in [-0.25, -0.2) is 4.79 Å². The minimum absolute atomic E-state index is 0.140. The summed E-state index contributed by atoms with van der Waals surface area (Å²) in [5.41, 5.74) is 0.542. The van der Waals surface area contributed by atoms with E-state index in [0.29, 0.717) is 29.5 Å². The number of imide groups is 1. The average molecular weight is 464 g/mol. The molecule has 0 bridgehead atoms. The molecule has 0 unspecified atom stereocenters. The summed E-state index contributed by atoms with van der Waals surface area (Å²) in [6, 6.07) is 4.44. The number of urea groups is 1. The molecule has 1 aromatic carbocycles. The third-order valence-electron chi connectivity index (χ3n) is 6.42. The number of benzene rings is 1. The summed E-state index contributed by atoms with van der Waals surface area (Å²) in [7, 11) is 0. The van der Waals surface area contributed by atoms with Crippen LogP contribution in [0.5, 0.6) is 0 Å². The zero-order chi connectivity index (χ0) is 23.7. The summed E-state index contributed by atoms with van der Waals surface area (Å²) in [6.45, 7) is 7.31. The maximum atomic E-state index is 13.0. The highest BCUT2D eigenvalue weighted by Gasteiger charge is 2.53. The molecule has 1 saturated heterocycles. The quantitative estimate of drug-likeness (QED) is 0.512. The molecule has 1 saturated carbocycles. The number of rotatable bonds is 5. The van der Waals surface area contributed by atoms with E-state index in [9.17, 15) is 19.2 Å². The molecule has 1 aliphatic heterocycles. The number of anilines is 1. The number of carbonyl (C=O) groups excluding carboxylic acids is 4. The Morgan fingerprint density at radius 2 is 1.91 bits per heavy atom. The number of hydrogen-bond donors (Lipinski definition) is 2. The average Bonchev–Trinajstić information content (AvgIpc) is 2.93. The van der Waals surface area contributed by atoms with Gasteiger partial charge in [-0.2, -0.15) is 0 Å². The largest absolute Gasteiger partial charge is 0.454 e. The lowest BCUT2D eigenvalue weighted by Crippen LogP contribution is -2.50. The zero-order valence-corrected chi connectivity index (χ0v) is 19.7. The number of nitrogens with one attached hydrogen (secondary N) is 2. The van der Waals surface area contributed by atoms with E-state index in [0.717, 1.165) is 23.3 Å². The normalized spacial score (nSPS) is 23.3. The predicted octanol–water partition coefficient (Wildman–Crippen LogP) is 3.66. The monoisotopic (exact) mass is 463 g/mol. The van der Waals surface area contributed by atoms with Gasteiger partial charge < -0.3 is 15.4 Å². The van der Waals surface area contributed by atoms with Crippen LogP contribution in [-0.2, 0) is 19.1 Å². The van der Waals surface area contributed by atoms with Gasteiger partial charge >= 0.3 is 12.0 Å². The van der Waals surface area contributed by atoms with Crippen molar-refractivity contribution in [2.75, 3.05) is 18.5 Å². The molecule has 8 nitrogen and oxygen atoms in total. The number of hydrogen-bond acceptors (Lipinski definition) is 5. The second-order valence-corrected chi connectivity index (χ2v) is 10.1. The Bertz CT molecular complexity index is 932. The van der Waals surface area contributed by atoms with E-state index in [1.807, 2.05) is 6.92 Å². The molecule has 1 heterocycles. The fraction of sp³-hybridized carbons (Fsp3) is 0.565. The Labute approximate surface area is 193 Å². The van der Waals surface area contributed by atoms with Crippen LogP contribution in [0.15, 0.2) is 18.2 Å². The number of amides is 4. The lowest BCUT2D eigenvalue weighted by molar-refractivity contribution is -0.150. The maximum Gasteiger partial charge on any atom is 0.326 e. The van der Waals surface area contributed by atoms with Crippen LogP contribution in [0.4, 0.5) is 10.5 Å². The highest BCUT2D eigenvalue weighted by Crippen LogP contribution is 2.43. The van der Waals surface area contributed by atoms with Crippen LogP contribution in [-0.4, -0.2) is 47.4 Å². The van der Waals surface area contributed by atoms with Gasteiger partial charge in [-0.05, 0) is 61.6 Å². The molecule has 3 rings (SSSR count).